The summed E-state index contributed by atoms with van der Waals surface area (Å²) in [5.41, 5.74) is 1.78. The zero-order valence-corrected chi connectivity index (χ0v) is 13.7. The molecular weight excluding hydrogens is 308 g/mol. The highest BCUT2D eigenvalue weighted by atomic mass is 35.5. The molecule has 0 amide bonds. The van der Waals surface area contributed by atoms with E-state index >= 15 is 0 Å². The molecule has 0 aliphatic heterocycles. The zero-order chi connectivity index (χ0) is 15.4. The molecule has 4 nitrogen and oxygen atoms in total. The van der Waals surface area contributed by atoms with E-state index in [1.807, 2.05) is 36.2 Å². The summed E-state index contributed by atoms with van der Waals surface area (Å²) < 4.78 is 5.07. The second-order valence-corrected chi connectivity index (χ2v) is 6.15. The van der Waals surface area contributed by atoms with Crippen molar-refractivity contribution in [1.82, 2.24) is 4.98 Å². The van der Waals surface area contributed by atoms with Crippen molar-refractivity contribution in [3.63, 3.8) is 0 Å². The molecule has 6 heteroatoms. The average Bonchev–Trinajstić information content (AvgIpc) is 2.89. The van der Waals surface area contributed by atoms with Gasteiger partial charge in [0.2, 0.25) is 0 Å². The van der Waals surface area contributed by atoms with E-state index in [-0.39, 0.29) is 6.04 Å². The number of hydrogen-bond acceptors (Lipinski definition) is 5. The highest BCUT2D eigenvalue weighted by molar-refractivity contribution is 7.17. The van der Waals surface area contributed by atoms with E-state index < -0.39 is 0 Å². The number of aldehydes is 1. The molecule has 0 aliphatic carbocycles. The molecule has 112 valence electrons. The third-order valence-electron chi connectivity index (χ3n) is 3.32. The van der Waals surface area contributed by atoms with Crippen LogP contribution in [0.2, 0.25) is 5.02 Å². The molecule has 1 heterocycles. The third kappa shape index (κ3) is 3.61. The number of ether oxygens (including phenoxy) is 1. The molecule has 0 saturated heterocycles. The van der Waals surface area contributed by atoms with Crippen LogP contribution >= 0.6 is 22.9 Å². The van der Waals surface area contributed by atoms with Crippen LogP contribution in [0.1, 0.15) is 33.9 Å². The summed E-state index contributed by atoms with van der Waals surface area (Å²) in [6.07, 6.45) is 0.827. The van der Waals surface area contributed by atoms with E-state index in [4.69, 9.17) is 16.3 Å². The summed E-state index contributed by atoms with van der Waals surface area (Å²) in [6, 6.07) is 7.84. The van der Waals surface area contributed by atoms with E-state index in [0.29, 0.717) is 22.2 Å². The third-order valence-corrected chi connectivity index (χ3v) is 4.67. The lowest BCUT2D eigenvalue weighted by Crippen LogP contribution is -2.21. The van der Waals surface area contributed by atoms with Gasteiger partial charge >= 0.3 is 0 Å². The van der Waals surface area contributed by atoms with Crippen molar-refractivity contribution in [1.29, 1.82) is 0 Å². The molecule has 2 aromatic rings. The summed E-state index contributed by atoms with van der Waals surface area (Å²) in [4.78, 5) is 18.2. The van der Waals surface area contributed by atoms with Crippen LogP contribution in [0.5, 0.6) is 0 Å². The zero-order valence-electron chi connectivity index (χ0n) is 12.2. The van der Waals surface area contributed by atoms with E-state index in [2.05, 4.69) is 11.9 Å². The van der Waals surface area contributed by atoms with Crippen molar-refractivity contribution in [3.05, 3.63) is 45.4 Å². The molecule has 0 aliphatic rings. The van der Waals surface area contributed by atoms with Crippen LogP contribution in [0.3, 0.4) is 0 Å². The maximum Gasteiger partial charge on any atom is 0.186 e. The molecule has 0 saturated carbocycles. The number of hydrogen-bond donors (Lipinski definition) is 0. The summed E-state index contributed by atoms with van der Waals surface area (Å²) in [6.45, 7) is 2.41. The Morgan fingerprint density at radius 3 is 2.90 bits per heavy atom. The highest BCUT2D eigenvalue weighted by Crippen LogP contribution is 2.31. The molecular formula is C15H17ClN2O2S. The summed E-state index contributed by atoms with van der Waals surface area (Å²) >= 11 is 7.41. The SMILES string of the molecule is COCc1nc(N(C)C(C)c2cccc(Cl)c2)sc1C=O. The lowest BCUT2D eigenvalue weighted by atomic mass is 10.1. The lowest BCUT2D eigenvalue weighted by Gasteiger charge is -2.24. The fraction of sp³-hybridized carbons (Fsp3) is 0.333. The monoisotopic (exact) mass is 324 g/mol. The van der Waals surface area contributed by atoms with E-state index in [9.17, 15) is 4.79 Å². The number of methoxy groups -OCH3 is 1. The van der Waals surface area contributed by atoms with Gasteiger partial charge in [-0.05, 0) is 24.6 Å². The Kier molecular flexibility index (Phi) is 5.33. The van der Waals surface area contributed by atoms with E-state index in [1.165, 1.54) is 11.3 Å². The van der Waals surface area contributed by atoms with Gasteiger partial charge in [0.15, 0.2) is 11.4 Å². The van der Waals surface area contributed by atoms with Gasteiger partial charge in [-0.3, -0.25) is 4.79 Å². The first kappa shape index (κ1) is 15.9. The second kappa shape index (κ2) is 7.02. The minimum Gasteiger partial charge on any atom is -0.378 e. The summed E-state index contributed by atoms with van der Waals surface area (Å²) in [5.74, 6) is 0. The van der Waals surface area contributed by atoms with Crippen LogP contribution in [0, 0.1) is 0 Å². The Bertz CT molecular complexity index is 630. The van der Waals surface area contributed by atoms with E-state index in [0.717, 1.165) is 17.0 Å². The van der Waals surface area contributed by atoms with Gasteiger partial charge < -0.3 is 9.64 Å². The molecule has 0 radical (unpaired) electrons. The molecule has 2 rings (SSSR count). The van der Waals surface area contributed by atoms with Crippen molar-refractivity contribution < 1.29 is 9.53 Å². The fourth-order valence-corrected chi connectivity index (χ4v) is 3.11. The number of nitrogens with zero attached hydrogens (tertiary/aromatic N) is 2. The number of aromatic nitrogens is 1. The smallest absolute Gasteiger partial charge is 0.186 e. The summed E-state index contributed by atoms with van der Waals surface area (Å²) in [7, 11) is 3.54. The Balaban J connectivity index is 2.26. The Hall–Kier alpha value is -1.43. The molecule has 21 heavy (non-hydrogen) atoms. The maximum atomic E-state index is 11.1. The predicted octanol–water partition coefficient (Wildman–Crippen LogP) is 3.95. The first-order valence-electron chi connectivity index (χ1n) is 6.49. The van der Waals surface area contributed by atoms with Crippen molar-refractivity contribution >= 4 is 34.4 Å². The highest BCUT2D eigenvalue weighted by Gasteiger charge is 2.18. The first-order chi connectivity index (χ1) is 10.1. The van der Waals surface area contributed by atoms with Gasteiger partial charge in [-0.2, -0.15) is 0 Å². The van der Waals surface area contributed by atoms with Crippen molar-refractivity contribution in [2.45, 2.75) is 19.6 Å². The normalized spacial score (nSPS) is 12.2. The molecule has 1 aromatic heterocycles. The van der Waals surface area contributed by atoms with Crippen LogP contribution in [0.25, 0.3) is 0 Å². The lowest BCUT2D eigenvalue weighted by molar-refractivity contribution is 0.112. The van der Waals surface area contributed by atoms with Crippen LogP contribution in [0.15, 0.2) is 24.3 Å². The molecule has 0 fully saturated rings. The fourth-order valence-electron chi connectivity index (χ4n) is 1.99. The predicted molar refractivity (Wildman–Crippen MR) is 86.5 cm³/mol. The molecule has 1 unspecified atom stereocenters. The number of rotatable bonds is 6. The number of halogens is 1. The molecule has 0 bridgehead atoms. The largest absolute Gasteiger partial charge is 0.378 e. The molecule has 1 atom stereocenters. The number of thiazole rings is 1. The van der Waals surface area contributed by atoms with E-state index in [1.54, 1.807) is 7.11 Å². The topological polar surface area (TPSA) is 42.4 Å². The number of benzene rings is 1. The first-order valence-corrected chi connectivity index (χ1v) is 7.68. The van der Waals surface area contributed by atoms with Crippen LogP contribution in [-0.4, -0.2) is 25.4 Å². The Labute approximate surface area is 133 Å². The number of carbonyl (C=O) groups excluding carboxylic acids is 1. The quantitative estimate of drug-likeness (QED) is 0.754. The second-order valence-electron chi connectivity index (χ2n) is 4.70. The minimum atomic E-state index is 0.102. The van der Waals surface area contributed by atoms with Gasteiger partial charge in [0.25, 0.3) is 0 Å². The van der Waals surface area contributed by atoms with Crippen LogP contribution < -0.4 is 4.90 Å². The maximum absolute atomic E-state index is 11.1. The average molecular weight is 325 g/mol. The molecule has 0 spiro atoms. The number of anilines is 1. The van der Waals surface area contributed by atoms with Crippen molar-refractivity contribution in [2.75, 3.05) is 19.1 Å². The minimum absolute atomic E-state index is 0.102. The van der Waals surface area contributed by atoms with Gasteiger partial charge in [0.05, 0.1) is 23.2 Å². The van der Waals surface area contributed by atoms with Gasteiger partial charge in [0.1, 0.15) is 0 Å². The van der Waals surface area contributed by atoms with Crippen molar-refractivity contribution in [2.24, 2.45) is 0 Å². The van der Waals surface area contributed by atoms with Crippen LogP contribution in [-0.2, 0) is 11.3 Å². The molecule has 0 N–H and O–H groups in total. The molecule has 1 aromatic carbocycles. The van der Waals surface area contributed by atoms with Gasteiger partial charge in [-0.1, -0.05) is 35.1 Å². The van der Waals surface area contributed by atoms with Gasteiger partial charge in [-0.25, -0.2) is 4.98 Å². The van der Waals surface area contributed by atoms with Gasteiger partial charge in [-0.15, -0.1) is 0 Å². The van der Waals surface area contributed by atoms with Crippen molar-refractivity contribution in [3.8, 4) is 0 Å². The van der Waals surface area contributed by atoms with Crippen LogP contribution in [0.4, 0.5) is 5.13 Å². The Morgan fingerprint density at radius 1 is 1.52 bits per heavy atom. The van der Waals surface area contributed by atoms with Gasteiger partial charge in [0, 0.05) is 19.2 Å². The summed E-state index contributed by atoms with van der Waals surface area (Å²) in [5, 5.41) is 1.50. The Morgan fingerprint density at radius 2 is 2.29 bits per heavy atom. The number of carbonyl (C=O) groups is 1. The standard InChI is InChI=1S/C15H17ClN2O2S/c1-10(11-5-4-6-12(16)7-11)18(2)15-17-13(9-20-3)14(8-19)21-15/h4-8,10H,9H2,1-3H3.